The van der Waals surface area contributed by atoms with Crippen LogP contribution in [0.5, 0.6) is 0 Å². The molecule has 24 heavy (non-hydrogen) atoms. The first kappa shape index (κ1) is 16.5. The molecule has 124 valence electrons. The van der Waals surface area contributed by atoms with E-state index >= 15 is 0 Å². The van der Waals surface area contributed by atoms with Gasteiger partial charge in [0.25, 0.3) is 0 Å². The molecule has 3 unspecified atom stereocenters. The molecule has 1 saturated carbocycles. The summed E-state index contributed by atoms with van der Waals surface area (Å²) >= 11 is 6.19. The maximum Gasteiger partial charge on any atom is 0.305 e. The van der Waals surface area contributed by atoms with Crippen molar-refractivity contribution in [3.05, 3.63) is 70.7 Å². The zero-order chi connectivity index (χ0) is 17.1. The van der Waals surface area contributed by atoms with Crippen molar-refractivity contribution in [3.8, 4) is 0 Å². The van der Waals surface area contributed by atoms with Crippen LogP contribution in [0.25, 0.3) is 0 Å². The molecule has 1 fully saturated rings. The Hall–Kier alpha value is -2.33. The molecule has 2 aromatic carbocycles. The number of carboxylic acids is 1. The third-order valence-corrected chi connectivity index (χ3v) is 4.67. The molecule has 0 spiro atoms. The van der Waals surface area contributed by atoms with Gasteiger partial charge in [0.1, 0.15) is 0 Å². The SMILES string of the molecule is O=C(O)CC(NC(=O)C1CC1c1ccccc1Cl)c1ccccc1. The van der Waals surface area contributed by atoms with Gasteiger partial charge in [-0.3, -0.25) is 9.59 Å². The fourth-order valence-electron chi connectivity index (χ4n) is 3.00. The van der Waals surface area contributed by atoms with E-state index in [4.69, 9.17) is 16.7 Å². The number of carbonyl (C=O) groups excluding carboxylic acids is 1. The molecular formula is C19H18ClNO3. The summed E-state index contributed by atoms with van der Waals surface area (Å²) in [5.74, 6) is -1.09. The van der Waals surface area contributed by atoms with Crippen LogP contribution in [-0.4, -0.2) is 17.0 Å². The number of benzene rings is 2. The molecular weight excluding hydrogens is 326 g/mol. The Balaban J connectivity index is 1.69. The number of rotatable bonds is 6. The standard InChI is InChI=1S/C19H18ClNO3/c20-16-9-5-4-8-13(16)14-10-15(14)19(24)21-17(11-18(22)23)12-6-2-1-3-7-12/h1-9,14-15,17H,10-11H2,(H,21,24)(H,22,23). The van der Waals surface area contributed by atoms with Crippen LogP contribution in [0.4, 0.5) is 0 Å². The van der Waals surface area contributed by atoms with Gasteiger partial charge in [-0.2, -0.15) is 0 Å². The molecule has 1 amide bonds. The number of amides is 1. The lowest BCUT2D eigenvalue weighted by atomic mass is 10.0. The molecule has 0 saturated heterocycles. The van der Waals surface area contributed by atoms with E-state index in [9.17, 15) is 9.59 Å². The van der Waals surface area contributed by atoms with Crippen LogP contribution >= 0.6 is 11.6 Å². The molecule has 2 N–H and O–H groups in total. The van der Waals surface area contributed by atoms with Crippen molar-refractivity contribution in [2.75, 3.05) is 0 Å². The number of hydrogen-bond donors (Lipinski definition) is 2. The smallest absolute Gasteiger partial charge is 0.305 e. The Morgan fingerprint density at radius 1 is 1.12 bits per heavy atom. The maximum atomic E-state index is 12.5. The van der Waals surface area contributed by atoms with Gasteiger partial charge in [0.05, 0.1) is 12.5 Å². The fraction of sp³-hybridized carbons (Fsp3) is 0.263. The van der Waals surface area contributed by atoms with Gasteiger partial charge in [-0.05, 0) is 29.5 Å². The zero-order valence-electron chi connectivity index (χ0n) is 13.0. The average molecular weight is 344 g/mol. The number of carbonyl (C=O) groups is 2. The summed E-state index contributed by atoms with van der Waals surface area (Å²) in [7, 11) is 0. The van der Waals surface area contributed by atoms with Crippen LogP contribution in [0.1, 0.15) is 35.9 Å². The van der Waals surface area contributed by atoms with Gasteiger partial charge in [-0.25, -0.2) is 0 Å². The van der Waals surface area contributed by atoms with E-state index in [0.717, 1.165) is 17.5 Å². The molecule has 3 rings (SSSR count). The molecule has 0 aromatic heterocycles. The lowest BCUT2D eigenvalue weighted by molar-refractivity contribution is -0.137. The Kier molecular flexibility index (Phi) is 4.86. The van der Waals surface area contributed by atoms with Crippen molar-refractivity contribution in [2.45, 2.75) is 24.8 Å². The summed E-state index contributed by atoms with van der Waals surface area (Å²) in [4.78, 5) is 23.6. The summed E-state index contributed by atoms with van der Waals surface area (Å²) in [5.41, 5.74) is 1.78. The number of hydrogen-bond acceptors (Lipinski definition) is 2. The molecule has 5 heteroatoms. The van der Waals surface area contributed by atoms with E-state index in [2.05, 4.69) is 5.32 Å². The summed E-state index contributed by atoms with van der Waals surface area (Å²) < 4.78 is 0. The van der Waals surface area contributed by atoms with E-state index in [1.807, 2.05) is 54.6 Å². The second-order valence-corrected chi connectivity index (χ2v) is 6.45. The predicted octanol–water partition coefficient (Wildman–Crippen LogP) is 3.78. The highest BCUT2D eigenvalue weighted by molar-refractivity contribution is 6.31. The third kappa shape index (κ3) is 3.77. The van der Waals surface area contributed by atoms with Gasteiger partial charge in [-0.1, -0.05) is 60.1 Å². The molecule has 3 atom stereocenters. The number of nitrogens with one attached hydrogen (secondary N) is 1. The van der Waals surface area contributed by atoms with Crippen LogP contribution < -0.4 is 5.32 Å². The minimum absolute atomic E-state index is 0.111. The van der Waals surface area contributed by atoms with Gasteiger partial charge in [0, 0.05) is 10.9 Å². The van der Waals surface area contributed by atoms with Crippen LogP contribution in [0, 0.1) is 5.92 Å². The van der Waals surface area contributed by atoms with Gasteiger partial charge < -0.3 is 10.4 Å². The Labute approximate surface area is 145 Å². The Morgan fingerprint density at radius 2 is 1.79 bits per heavy atom. The van der Waals surface area contributed by atoms with Crippen LogP contribution in [-0.2, 0) is 9.59 Å². The van der Waals surface area contributed by atoms with E-state index in [1.165, 1.54) is 0 Å². The normalized spacial score (nSPS) is 20.2. The highest BCUT2D eigenvalue weighted by Crippen LogP contribution is 2.49. The van der Waals surface area contributed by atoms with Crippen molar-refractivity contribution < 1.29 is 14.7 Å². The molecule has 4 nitrogen and oxygen atoms in total. The van der Waals surface area contributed by atoms with Crippen molar-refractivity contribution >= 4 is 23.5 Å². The molecule has 2 aromatic rings. The van der Waals surface area contributed by atoms with Crippen molar-refractivity contribution in [3.63, 3.8) is 0 Å². The van der Waals surface area contributed by atoms with Crippen molar-refractivity contribution in [1.29, 1.82) is 0 Å². The Morgan fingerprint density at radius 3 is 2.46 bits per heavy atom. The predicted molar refractivity (Wildman–Crippen MR) is 91.9 cm³/mol. The topological polar surface area (TPSA) is 66.4 Å². The highest BCUT2D eigenvalue weighted by Gasteiger charge is 2.45. The van der Waals surface area contributed by atoms with Crippen LogP contribution in [0.15, 0.2) is 54.6 Å². The number of carboxylic acid groups (broad SMARTS) is 1. The first-order valence-electron chi connectivity index (χ1n) is 7.88. The summed E-state index contributed by atoms with van der Waals surface area (Å²) in [6, 6.07) is 16.2. The number of halogens is 1. The highest BCUT2D eigenvalue weighted by atomic mass is 35.5. The van der Waals surface area contributed by atoms with E-state index in [1.54, 1.807) is 0 Å². The summed E-state index contributed by atoms with van der Waals surface area (Å²) in [5, 5.41) is 12.7. The minimum Gasteiger partial charge on any atom is -0.481 e. The average Bonchev–Trinajstić information content (AvgIpc) is 3.35. The molecule has 0 heterocycles. The number of aliphatic carboxylic acids is 1. The quantitative estimate of drug-likeness (QED) is 0.838. The van der Waals surface area contributed by atoms with Crippen LogP contribution in [0.2, 0.25) is 5.02 Å². The molecule has 0 radical (unpaired) electrons. The second kappa shape index (κ2) is 7.05. The van der Waals surface area contributed by atoms with Gasteiger partial charge in [0.15, 0.2) is 0 Å². The van der Waals surface area contributed by atoms with E-state index < -0.39 is 12.0 Å². The zero-order valence-corrected chi connectivity index (χ0v) is 13.7. The first-order valence-corrected chi connectivity index (χ1v) is 8.25. The van der Waals surface area contributed by atoms with Gasteiger partial charge in [-0.15, -0.1) is 0 Å². The van der Waals surface area contributed by atoms with E-state index in [0.29, 0.717) is 5.02 Å². The van der Waals surface area contributed by atoms with Crippen molar-refractivity contribution in [2.24, 2.45) is 5.92 Å². The largest absolute Gasteiger partial charge is 0.481 e. The van der Waals surface area contributed by atoms with Crippen molar-refractivity contribution in [1.82, 2.24) is 5.32 Å². The molecule has 0 aliphatic heterocycles. The lowest BCUT2D eigenvalue weighted by Crippen LogP contribution is -2.31. The van der Waals surface area contributed by atoms with Gasteiger partial charge in [0.2, 0.25) is 5.91 Å². The monoisotopic (exact) mass is 343 g/mol. The second-order valence-electron chi connectivity index (χ2n) is 6.04. The van der Waals surface area contributed by atoms with Crippen LogP contribution in [0.3, 0.4) is 0 Å². The van der Waals surface area contributed by atoms with E-state index in [-0.39, 0.29) is 24.2 Å². The minimum atomic E-state index is -0.942. The first-order chi connectivity index (χ1) is 11.6. The maximum absolute atomic E-state index is 12.5. The molecule has 1 aliphatic rings. The third-order valence-electron chi connectivity index (χ3n) is 4.33. The van der Waals surface area contributed by atoms with Gasteiger partial charge >= 0.3 is 5.97 Å². The molecule has 0 bridgehead atoms. The lowest BCUT2D eigenvalue weighted by Gasteiger charge is -2.17. The Bertz CT molecular complexity index is 747. The molecule has 1 aliphatic carbocycles. The summed E-state index contributed by atoms with van der Waals surface area (Å²) in [6.45, 7) is 0. The fourth-order valence-corrected chi connectivity index (χ4v) is 3.27. The summed E-state index contributed by atoms with van der Waals surface area (Å²) in [6.07, 6.45) is 0.601.